The molecule has 0 saturated carbocycles. The standard InChI is InChI=1S/C8H12N6O/c1-6-7(5-14(2)12-6)8(15)10-3-4-11-13-9/h5H,3-4H2,1-2H3,(H,10,15). The molecule has 7 nitrogen and oxygen atoms in total. The Hall–Kier alpha value is -2.01. The third-order valence-corrected chi connectivity index (χ3v) is 1.82. The van der Waals surface area contributed by atoms with Gasteiger partial charge in [0.2, 0.25) is 0 Å². The topological polar surface area (TPSA) is 95.7 Å². The molecule has 1 N–H and O–H groups in total. The molecule has 7 heteroatoms. The first-order valence-corrected chi connectivity index (χ1v) is 4.44. The summed E-state index contributed by atoms with van der Waals surface area (Å²) in [5.41, 5.74) is 9.25. The van der Waals surface area contributed by atoms with Gasteiger partial charge in [0.05, 0.1) is 11.3 Å². The fourth-order valence-corrected chi connectivity index (χ4v) is 1.18. The number of carbonyl (C=O) groups excluding carboxylic acids is 1. The Kier molecular flexibility index (Phi) is 3.70. The third kappa shape index (κ3) is 2.99. The Bertz CT molecular complexity index is 403. The van der Waals surface area contributed by atoms with Crippen molar-refractivity contribution in [1.29, 1.82) is 0 Å². The van der Waals surface area contributed by atoms with Gasteiger partial charge in [-0.25, -0.2) is 0 Å². The lowest BCUT2D eigenvalue weighted by Gasteiger charge is -2.00. The summed E-state index contributed by atoms with van der Waals surface area (Å²) >= 11 is 0. The predicted octanol–water partition coefficient (Wildman–Crippen LogP) is 0.769. The highest BCUT2D eigenvalue weighted by Gasteiger charge is 2.10. The molecule has 0 radical (unpaired) electrons. The molecule has 15 heavy (non-hydrogen) atoms. The van der Waals surface area contributed by atoms with Crippen LogP contribution < -0.4 is 5.32 Å². The fraction of sp³-hybridized carbons (Fsp3) is 0.500. The zero-order valence-corrected chi connectivity index (χ0v) is 8.64. The summed E-state index contributed by atoms with van der Waals surface area (Å²) < 4.78 is 1.58. The Labute approximate surface area is 86.7 Å². The number of hydrogen-bond donors (Lipinski definition) is 1. The van der Waals surface area contributed by atoms with Crippen LogP contribution in [0.4, 0.5) is 0 Å². The molecule has 0 spiro atoms. The maximum atomic E-state index is 11.5. The zero-order valence-electron chi connectivity index (χ0n) is 8.64. The molecular weight excluding hydrogens is 196 g/mol. The van der Waals surface area contributed by atoms with Crippen LogP contribution in [0.5, 0.6) is 0 Å². The van der Waals surface area contributed by atoms with Crippen molar-refractivity contribution in [3.8, 4) is 0 Å². The minimum atomic E-state index is -0.200. The van der Waals surface area contributed by atoms with E-state index in [1.165, 1.54) is 0 Å². The van der Waals surface area contributed by atoms with Gasteiger partial charge in [0.25, 0.3) is 5.91 Å². The quantitative estimate of drug-likeness (QED) is 0.342. The molecule has 0 aliphatic heterocycles. The van der Waals surface area contributed by atoms with Crippen LogP contribution in [0.2, 0.25) is 0 Å². The summed E-state index contributed by atoms with van der Waals surface area (Å²) in [6.07, 6.45) is 1.65. The second-order valence-corrected chi connectivity index (χ2v) is 3.01. The molecule has 0 atom stereocenters. The molecule has 0 aliphatic carbocycles. The SMILES string of the molecule is Cc1nn(C)cc1C(=O)NCCN=[N+]=[N-]. The van der Waals surface area contributed by atoms with E-state index >= 15 is 0 Å². The minimum absolute atomic E-state index is 0.200. The number of azide groups is 1. The Morgan fingerprint density at radius 3 is 3.07 bits per heavy atom. The van der Waals surface area contributed by atoms with Crippen molar-refractivity contribution in [2.24, 2.45) is 12.2 Å². The first-order chi connectivity index (χ1) is 7.15. The maximum Gasteiger partial charge on any atom is 0.254 e. The van der Waals surface area contributed by atoms with E-state index in [4.69, 9.17) is 5.53 Å². The largest absolute Gasteiger partial charge is 0.352 e. The van der Waals surface area contributed by atoms with Crippen LogP contribution in [-0.2, 0) is 7.05 Å². The van der Waals surface area contributed by atoms with Crippen LogP contribution in [0.25, 0.3) is 10.4 Å². The van der Waals surface area contributed by atoms with Crippen molar-refractivity contribution in [3.63, 3.8) is 0 Å². The van der Waals surface area contributed by atoms with Crippen LogP contribution in [0.1, 0.15) is 16.1 Å². The average molecular weight is 208 g/mol. The monoisotopic (exact) mass is 208 g/mol. The summed E-state index contributed by atoms with van der Waals surface area (Å²) in [7, 11) is 1.75. The minimum Gasteiger partial charge on any atom is -0.352 e. The molecule has 0 bridgehead atoms. The molecule has 0 aromatic carbocycles. The number of amides is 1. The molecule has 1 aromatic rings. The van der Waals surface area contributed by atoms with Crippen molar-refractivity contribution in [2.75, 3.05) is 13.1 Å². The number of aromatic nitrogens is 2. The predicted molar refractivity (Wildman–Crippen MR) is 54.3 cm³/mol. The van der Waals surface area contributed by atoms with Crippen molar-refractivity contribution in [3.05, 3.63) is 27.9 Å². The van der Waals surface area contributed by atoms with E-state index in [0.717, 1.165) is 0 Å². The van der Waals surface area contributed by atoms with Crippen molar-refractivity contribution in [1.82, 2.24) is 15.1 Å². The van der Waals surface area contributed by atoms with Gasteiger partial charge < -0.3 is 5.32 Å². The van der Waals surface area contributed by atoms with Gasteiger partial charge in [-0.2, -0.15) is 5.10 Å². The van der Waals surface area contributed by atoms with Gasteiger partial charge in [-0.1, -0.05) is 5.11 Å². The van der Waals surface area contributed by atoms with Crippen LogP contribution in [-0.4, -0.2) is 28.8 Å². The number of carbonyl (C=O) groups is 1. The number of hydrogen-bond acceptors (Lipinski definition) is 3. The van der Waals surface area contributed by atoms with Crippen LogP contribution >= 0.6 is 0 Å². The van der Waals surface area contributed by atoms with E-state index in [1.54, 1.807) is 24.9 Å². The lowest BCUT2D eigenvalue weighted by atomic mass is 10.2. The third-order valence-electron chi connectivity index (χ3n) is 1.82. The molecule has 1 rings (SSSR count). The van der Waals surface area contributed by atoms with Crippen LogP contribution in [0, 0.1) is 6.92 Å². The summed E-state index contributed by atoms with van der Waals surface area (Å²) in [5.74, 6) is -0.200. The maximum absolute atomic E-state index is 11.5. The van der Waals surface area contributed by atoms with E-state index in [0.29, 0.717) is 17.8 Å². The van der Waals surface area contributed by atoms with Gasteiger partial charge in [-0.05, 0) is 12.5 Å². The Morgan fingerprint density at radius 2 is 2.53 bits per heavy atom. The average Bonchev–Trinajstić information content (AvgIpc) is 2.52. The zero-order chi connectivity index (χ0) is 11.3. The van der Waals surface area contributed by atoms with E-state index in [2.05, 4.69) is 20.4 Å². The van der Waals surface area contributed by atoms with E-state index in [-0.39, 0.29) is 12.5 Å². The van der Waals surface area contributed by atoms with Gasteiger partial charge in [-0.3, -0.25) is 9.48 Å². The van der Waals surface area contributed by atoms with E-state index < -0.39 is 0 Å². The highest BCUT2D eigenvalue weighted by molar-refractivity contribution is 5.94. The van der Waals surface area contributed by atoms with Gasteiger partial charge in [0.15, 0.2) is 0 Å². The van der Waals surface area contributed by atoms with Gasteiger partial charge in [0.1, 0.15) is 0 Å². The Balaban J connectivity index is 2.53. The number of nitrogens with zero attached hydrogens (tertiary/aromatic N) is 5. The molecule has 1 aromatic heterocycles. The molecule has 0 saturated heterocycles. The normalized spacial score (nSPS) is 9.47. The number of rotatable bonds is 4. The molecule has 80 valence electrons. The van der Waals surface area contributed by atoms with E-state index in [9.17, 15) is 4.79 Å². The second-order valence-electron chi connectivity index (χ2n) is 3.01. The Morgan fingerprint density at radius 1 is 1.80 bits per heavy atom. The number of nitrogens with one attached hydrogen (secondary N) is 1. The first-order valence-electron chi connectivity index (χ1n) is 4.44. The fourth-order valence-electron chi connectivity index (χ4n) is 1.18. The molecule has 0 fully saturated rings. The first kappa shape index (κ1) is 11.1. The summed E-state index contributed by atoms with van der Waals surface area (Å²) in [6, 6.07) is 0. The van der Waals surface area contributed by atoms with Crippen LogP contribution in [0.3, 0.4) is 0 Å². The smallest absolute Gasteiger partial charge is 0.254 e. The molecule has 1 amide bonds. The number of aryl methyl sites for hydroxylation is 2. The lowest BCUT2D eigenvalue weighted by Crippen LogP contribution is -2.26. The summed E-state index contributed by atoms with van der Waals surface area (Å²) in [4.78, 5) is 14.1. The highest BCUT2D eigenvalue weighted by Crippen LogP contribution is 2.03. The van der Waals surface area contributed by atoms with Crippen molar-refractivity contribution in [2.45, 2.75) is 6.92 Å². The van der Waals surface area contributed by atoms with E-state index in [1.807, 2.05) is 0 Å². The highest BCUT2D eigenvalue weighted by atomic mass is 16.1. The molecule has 0 unspecified atom stereocenters. The van der Waals surface area contributed by atoms with Crippen molar-refractivity contribution < 1.29 is 4.79 Å². The molecule has 1 heterocycles. The van der Waals surface area contributed by atoms with Crippen molar-refractivity contribution >= 4 is 5.91 Å². The molecule has 0 aliphatic rings. The summed E-state index contributed by atoms with van der Waals surface area (Å²) in [5, 5.41) is 9.99. The molecular formula is C8H12N6O. The van der Waals surface area contributed by atoms with Gasteiger partial charge in [0, 0.05) is 31.2 Å². The lowest BCUT2D eigenvalue weighted by molar-refractivity contribution is 0.0954. The second kappa shape index (κ2) is 5.02. The van der Waals surface area contributed by atoms with Crippen LogP contribution in [0.15, 0.2) is 11.3 Å². The van der Waals surface area contributed by atoms with Gasteiger partial charge >= 0.3 is 0 Å². The van der Waals surface area contributed by atoms with Gasteiger partial charge in [-0.15, -0.1) is 0 Å². The summed E-state index contributed by atoms with van der Waals surface area (Å²) in [6.45, 7) is 2.35.